The maximum Gasteiger partial charge on any atom is 0.126 e. The van der Waals surface area contributed by atoms with E-state index in [4.69, 9.17) is 0 Å². The predicted molar refractivity (Wildman–Crippen MR) is 59.0 cm³/mol. The first-order valence-electron chi connectivity index (χ1n) is 4.04. The number of aromatic nitrogens is 1. The van der Waals surface area contributed by atoms with Gasteiger partial charge in [-0.3, -0.25) is 0 Å². The van der Waals surface area contributed by atoms with Crippen molar-refractivity contribution in [3.8, 4) is 0 Å². The third-order valence-corrected chi connectivity index (χ3v) is 2.57. The van der Waals surface area contributed by atoms with E-state index in [9.17, 15) is 0 Å². The number of para-hydroxylation sites is 1. The summed E-state index contributed by atoms with van der Waals surface area (Å²) in [6.45, 7) is 0. The molecule has 0 bridgehead atoms. The van der Waals surface area contributed by atoms with Crippen molar-refractivity contribution in [1.29, 1.82) is 0 Å². The fourth-order valence-electron chi connectivity index (χ4n) is 1.25. The van der Waals surface area contributed by atoms with E-state index in [1.54, 1.807) is 0 Å². The number of nitrogens with one attached hydrogen (secondary N) is 1. The van der Waals surface area contributed by atoms with Gasteiger partial charge < -0.3 is 5.32 Å². The summed E-state index contributed by atoms with van der Waals surface area (Å²) in [7, 11) is 1.87. The number of pyridine rings is 1. The van der Waals surface area contributed by atoms with Gasteiger partial charge in [-0.05, 0) is 34.1 Å². The Balaban J connectivity index is 2.74. The fourth-order valence-corrected chi connectivity index (χ4v) is 1.72. The van der Waals surface area contributed by atoms with Crippen LogP contribution < -0.4 is 5.32 Å². The van der Waals surface area contributed by atoms with Crippen LogP contribution in [0.1, 0.15) is 0 Å². The average Bonchev–Trinajstić information content (AvgIpc) is 2.18. The second kappa shape index (κ2) is 3.34. The quantitative estimate of drug-likeness (QED) is 0.824. The Morgan fingerprint density at radius 2 is 2.08 bits per heavy atom. The smallest absolute Gasteiger partial charge is 0.126 e. The molecular formula is C10H9BrN2. The van der Waals surface area contributed by atoms with Gasteiger partial charge in [-0.2, -0.15) is 0 Å². The first-order chi connectivity index (χ1) is 6.31. The minimum atomic E-state index is 0.888. The fraction of sp³-hybridized carbons (Fsp3) is 0.100. The molecule has 2 aromatic rings. The van der Waals surface area contributed by atoms with Crippen LogP contribution in [0.15, 0.2) is 34.8 Å². The van der Waals surface area contributed by atoms with Crippen molar-refractivity contribution >= 4 is 32.7 Å². The van der Waals surface area contributed by atoms with E-state index in [0.717, 1.165) is 21.2 Å². The van der Waals surface area contributed by atoms with Crippen molar-refractivity contribution in [1.82, 2.24) is 4.98 Å². The zero-order valence-electron chi connectivity index (χ0n) is 7.21. The van der Waals surface area contributed by atoms with Gasteiger partial charge >= 0.3 is 0 Å². The summed E-state index contributed by atoms with van der Waals surface area (Å²) < 4.78 is 1.03. The third-order valence-electron chi connectivity index (χ3n) is 1.93. The SMILES string of the molecule is CNc1ccc2cccc(Br)c2n1. The van der Waals surface area contributed by atoms with E-state index in [1.807, 2.05) is 31.3 Å². The van der Waals surface area contributed by atoms with Gasteiger partial charge in [0.1, 0.15) is 5.82 Å². The van der Waals surface area contributed by atoms with E-state index < -0.39 is 0 Å². The second-order valence-corrected chi connectivity index (χ2v) is 3.61. The maximum absolute atomic E-state index is 4.44. The molecule has 0 aliphatic carbocycles. The largest absolute Gasteiger partial charge is 0.373 e. The lowest BCUT2D eigenvalue weighted by Gasteiger charge is -2.02. The van der Waals surface area contributed by atoms with Gasteiger partial charge in [-0.25, -0.2) is 4.98 Å². The van der Waals surface area contributed by atoms with E-state index >= 15 is 0 Å². The molecule has 0 saturated carbocycles. The molecular weight excluding hydrogens is 228 g/mol. The van der Waals surface area contributed by atoms with Crippen molar-refractivity contribution in [2.24, 2.45) is 0 Å². The number of nitrogens with zero attached hydrogens (tertiary/aromatic N) is 1. The molecule has 1 aromatic carbocycles. The van der Waals surface area contributed by atoms with Crippen LogP contribution in [0.25, 0.3) is 10.9 Å². The molecule has 0 saturated heterocycles. The number of benzene rings is 1. The molecule has 1 heterocycles. The summed E-state index contributed by atoms with van der Waals surface area (Å²) in [5.74, 6) is 0.888. The summed E-state index contributed by atoms with van der Waals surface area (Å²) in [5.41, 5.74) is 0.995. The van der Waals surface area contributed by atoms with E-state index in [-0.39, 0.29) is 0 Å². The lowest BCUT2D eigenvalue weighted by Crippen LogP contribution is -1.91. The molecule has 0 atom stereocenters. The lowest BCUT2D eigenvalue weighted by molar-refractivity contribution is 1.34. The lowest BCUT2D eigenvalue weighted by atomic mass is 10.2. The zero-order valence-corrected chi connectivity index (χ0v) is 8.80. The third kappa shape index (κ3) is 1.52. The summed E-state index contributed by atoms with van der Waals surface area (Å²) in [6, 6.07) is 10.1. The Bertz CT molecular complexity index is 440. The molecule has 2 nitrogen and oxygen atoms in total. The number of anilines is 1. The summed E-state index contributed by atoms with van der Waals surface area (Å²) in [6.07, 6.45) is 0. The van der Waals surface area contributed by atoms with Gasteiger partial charge in [0.2, 0.25) is 0 Å². The van der Waals surface area contributed by atoms with Crippen LogP contribution in [0, 0.1) is 0 Å². The maximum atomic E-state index is 4.44. The Morgan fingerprint density at radius 3 is 2.85 bits per heavy atom. The molecule has 66 valence electrons. The monoisotopic (exact) mass is 236 g/mol. The normalized spacial score (nSPS) is 10.3. The van der Waals surface area contributed by atoms with Gasteiger partial charge in [-0.1, -0.05) is 12.1 Å². The predicted octanol–water partition coefficient (Wildman–Crippen LogP) is 3.04. The molecule has 13 heavy (non-hydrogen) atoms. The van der Waals surface area contributed by atoms with Gasteiger partial charge in [0.25, 0.3) is 0 Å². The van der Waals surface area contributed by atoms with Crippen molar-refractivity contribution in [3.63, 3.8) is 0 Å². The summed E-state index contributed by atoms with van der Waals surface area (Å²) >= 11 is 3.47. The van der Waals surface area contributed by atoms with Gasteiger partial charge in [-0.15, -0.1) is 0 Å². The average molecular weight is 237 g/mol. The molecule has 3 heteroatoms. The minimum absolute atomic E-state index is 0.888. The Labute approximate surface area is 85.1 Å². The number of halogens is 1. The molecule has 0 spiro atoms. The molecule has 0 aliphatic heterocycles. The van der Waals surface area contributed by atoms with Crippen LogP contribution in [-0.4, -0.2) is 12.0 Å². The summed E-state index contributed by atoms with van der Waals surface area (Å²) in [4.78, 5) is 4.44. The Morgan fingerprint density at radius 1 is 1.23 bits per heavy atom. The number of rotatable bonds is 1. The van der Waals surface area contributed by atoms with E-state index in [0.29, 0.717) is 0 Å². The van der Waals surface area contributed by atoms with Crippen LogP contribution in [0.5, 0.6) is 0 Å². The van der Waals surface area contributed by atoms with Crippen molar-refractivity contribution < 1.29 is 0 Å². The van der Waals surface area contributed by atoms with Gasteiger partial charge in [0.05, 0.1) is 5.52 Å². The van der Waals surface area contributed by atoms with Crippen LogP contribution in [-0.2, 0) is 0 Å². The highest BCUT2D eigenvalue weighted by atomic mass is 79.9. The van der Waals surface area contributed by atoms with Crippen molar-refractivity contribution in [2.75, 3.05) is 12.4 Å². The van der Waals surface area contributed by atoms with Crippen LogP contribution >= 0.6 is 15.9 Å². The Kier molecular flexibility index (Phi) is 2.19. The first kappa shape index (κ1) is 8.51. The standard InChI is InChI=1S/C10H9BrN2/c1-12-9-6-5-7-3-2-4-8(11)10(7)13-9/h2-6H,1H3,(H,12,13). The highest BCUT2D eigenvalue weighted by Crippen LogP contribution is 2.22. The van der Waals surface area contributed by atoms with Crippen molar-refractivity contribution in [3.05, 3.63) is 34.8 Å². The van der Waals surface area contributed by atoms with Crippen LogP contribution in [0.3, 0.4) is 0 Å². The second-order valence-electron chi connectivity index (χ2n) is 2.76. The van der Waals surface area contributed by atoms with Crippen LogP contribution in [0.4, 0.5) is 5.82 Å². The molecule has 0 radical (unpaired) electrons. The molecule has 1 N–H and O–H groups in total. The number of fused-ring (bicyclic) bond motifs is 1. The number of hydrogen-bond acceptors (Lipinski definition) is 2. The van der Waals surface area contributed by atoms with E-state index in [2.05, 4.69) is 32.3 Å². The van der Waals surface area contributed by atoms with Gasteiger partial charge in [0, 0.05) is 16.9 Å². The van der Waals surface area contributed by atoms with Crippen molar-refractivity contribution in [2.45, 2.75) is 0 Å². The topological polar surface area (TPSA) is 24.9 Å². The Hall–Kier alpha value is -1.09. The van der Waals surface area contributed by atoms with Crippen LogP contribution in [0.2, 0.25) is 0 Å². The molecule has 0 fully saturated rings. The first-order valence-corrected chi connectivity index (χ1v) is 4.83. The van der Waals surface area contributed by atoms with E-state index in [1.165, 1.54) is 0 Å². The minimum Gasteiger partial charge on any atom is -0.373 e. The zero-order chi connectivity index (χ0) is 9.26. The highest BCUT2D eigenvalue weighted by Gasteiger charge is 1.99. The molecule has 2 rings (SSSR count). The molecule has 0 amide bonds. The number of hydrogen-bond donors (Lipinski definition) is 1. The summed E-state index contributed by atoms with van der Waals surface area (Å²) in [5, 5.41) is 4.16. The van der Waals surface area contributed by atoms with Gasteiger partial charge in [0.15, 0.2) is 0 Å². The molecule has 0 unspecified atom stereocenters. The molecule has 1 aromatic heterocycles. The highest BCUT2D eigenvalue weighted by molar-refractivity contribution is 9.10. The molecule has 0 aliphatic rings.